The van der Waals surface area contributed by atoms with Crippen molar-refractivity contribution in [3.63, 3.8) is 0 Å². The van der Waals surface area contributed by atoms with Crippen LogP contribution in [0.1, 0.15) is 51.0 Å². The van der Waals surface area contributed by atoms with Crippen molar-refractivity contribution in [1.82, 2.24) is 9.47 Å². The number of fused-ring (bicyclic) bond motifs is 1. The largest absolute Gasteiger partial charge is 0.345 e. The summed E-state index contributed by atoms with van der Waals surface area (Å²) in [5.74, 6) is 1.15. The zero-order chi connectivity index (χ0) is 15.6. The zero-order valence-electron chi connectivity index (χ0n) is 13.8. The van der Waals surface area contributed by atoms with Gasteiger partial charge in [0, 0.05) is 30.9 Å². The molecule has 0 saturated heterocycles. The van der Waals surface area contributed by atoms with Gasteiger partial charge >= 0.3 is 0 Å². The fraction of sp³-hybridized carbons (Fsp3) is 0.706. The van der Waals surface area contributed by atoms with E-state index in [4.69, 9.17) is 5.73 Å². The summed E-state index contributed by atoms with van der Waals surface area (Å²) in [6.07, 6.45) is 1.61. The van der Waals surface area contributed by atoms with Crippen LogP contribution in [0, 0.1) is 18.8 Å². The number of rotatable bonds is 5. The second-order valence-electron chi connectivity index (χ2n) is 6.75. The van der Waals surface area contributed by atoms with Gasteiger partial charge in [-0.25, -0.2) is 0 Å². The molecule has 2 N–H and O–H groups in total. The van der Waals surface area contributed by atoms with E-state index in [-0.39, 0.29) is 11.9 Å². The number of carbonyl (C=O) groups excluding carboxylic acids is 1. The molecule has 0 radical (unpaired) electrons. The Hall–Kier alpha value is -1.29. The van der Waals surface area contributed by atoms with Crippen molar-refractivity contribution in [3.05, 3.63) is 23.5 Å². The van der Waals surface area contributed by atoms with Crippen LogP contribution < -0.4 is 5.73 Å². The lowest BCUT2D eigenvalue weighted by Gasteiger charge is -2.36. The van der Waals surface area contributed by atoms with E-state index in [1.807, 2.05) is 4.90 Å². The molecule has 1 aliphatic rings. The molecule has 21 heavy (non-hydrogen) atoms. The molecule has 1 aromatic heterocycles. The SMILES string of the molecule is Cc1ccc2n1CCN(C(=O)C[C@@H](CN)CC(C)C)C2C. The molecule has 0 saturated carbocycles. The number of amides is 1. The van der Waals surface area contributed by atoms with Crippen molar-refractivity contribution in [3.8, 4) is 0 Å². The van der Waals surface area contributed by atoms with E-state index in [2.05, 4.69) is 44.4 Å². The van der Waals surface area contributed by atoms with Gasteiger partial charge in [-0.15, -0.1) is 0 Å². The maximum Gasteiger partial charge on any atom is 0.223 e. The van der Waals surface area contributed by atoms with Crippen molar-refractivity contribution in [2.45, 2.75) is 53.1 Å². The molecule has 0 spiro atoms. The zero-order valence-corrected chi connectivity index (χ0v) is 13.8. The van der Waals surface area contributed by atoms with E-state index < -0.39 is 0 Å². The molecule has 0 fully saturated rings. The van der Waals surface area contributed by atoms with Crippen molar-refractivity contribution in [1.29, 1.82) is 0 Å². The van der Waals surface area contributed by atoms with Gasteiger partial charge in [0.15, 0.2) is 0 Å². The van der Waals surface area contributed by atoms with E-state index in [1.165, 1.54) is 11.4 Å². The number of aromatic nitrogens is 1. The lowest BCUT2D eigenvalue weighted by atomic mass is 9.93. The molecule has 1 amide bonds. The van der Waals surface area contributed by atoms with Crippen LogP contribution >= 0.6 is 0 Å². The van der Waals surface area contributed by atoms with E-state index >= 15 is 0 Å². The fourth-order valence-corrected chi connectivity index (χ4v) is 3.46. The molecular formula is C17H29N3O. The summed E-state index contributed by atoms with van der Waals surface area (Å²) in [5.41, 5.74) is 8.37. The molecule has 2 atom stereocenters. The molecule has 0 aromatic carbocycles. The summed E-state index contributed by atoms with van der Waals surface area (Å²) in [7, 11) is 0. The number of aryl methyl sites for hydroxylation is 1. The number of carbonyl (C=O) groups is 1. The third-order valence-electron chi connectivity index (χ3n) is 4.61. The molecule has 1 unspecified atom stereocenters. The lowest BCUT2D eigenvalue weighted by Crippen LogP contribution is -2.42. The monoisotopic (exact) mass is 291 g/mol. The van der Waals surface area contributed by atoms with Crippen molar-refractivity contribution >= 4 is 5.91 Å². The minimum absolute atomic E-state index is 0.164. The standard InChI is InChI=1S/C17H29N3O/c1-12(2)9-15(11-18)10-17(21)20-8-7-19-13(3)5-6-16(19)14(20)4/h5-6,12,14-15H,7-11,18H2,1-4H3/t14?,15-/m0/s1. The molecule has 1 aliphatic heterocycles. The first kappa shape index (κ1) is 16.1. The van der Waals surface area contributed by atoms with Crippen LogP contribution in [-0.4, -0.2) is 28.5 Å². The predicted molar refractivity (Wildman–Crippen MR) is 85.9 cm³/mol. The van der Waals surface area contributed by atoms with Crippen LogP contribution in [0.15, 0.2) is 12.1 Å². The van der Waals surface area contributed by atoms with Crippen molar-refractivity contribution < 1.29 is 4.79 Å². The molecule has 0 bridgehead atoms. The molecule has 1 aromatic rings. The van der Waals surface area contributed by atoms with Crippen LogP contribution in [0.25, 0.3) is 0 Å². The molecule has 118 valence electrons. The van der Waals surface area contributed by atoms with E-state index in [9.17, 15) is 4.79 Å². The summed E-state index contributed by atoms with van der Waals surface area (Å²) in [6.45, 7) is 10.9. The van der Waals surface area contributed by atoms with Gasteiger partial charge in [0.05, 0.1) is 6.04 Å². The summed E-state index contributed by atoms with van der Waals surface area (Å²) in [6, 6.07) is 4.45. The summed E-state index contributed by atoms with van der Waals surface area (Å²) in [4.78, 5) is 14.7. The van der Waals surface area contributed by atoms with E-state index in [1.54, 1.807) is 0 Å². The topological polar surface area (TPSA) is 51.3 Å². The normalized spacial score (nSPS) is 19.7. The number of nitrogens with two attached hydrogens (primary N) is 1. The van der Waals surface area contributed by atoms with Crippen molar-refractivity contribution in [2.24, 2.45) is 17.6 Å². The first-order valence-corrected chi connectivity index (χ1v) is 8.09. The highest BCUT2D eigenvalue weighted by atomic mass is 16.2. The van der Waals surface area contributed by atoms with E-state index in [0.717, 1.165) is 19.5 Å². The number of nitrogens with zero attached hydrogens (tertiary/aromatic N) is 2. The molecular weight excluding hydrogens is 262 g/mol. The number of hydrogen-bond donors (Lipinski definition) is 1. The average Bonchev–Trinajstić information content (AvgIpc) is 2.80. The van der Waals surface area contributed by atoms with Crippen LogP contribution in [0.4, 0.5) is 0 Å². The van der Waals surface area contributed by atoms with Gasteiger partial charge < -0.3 is 15.2 Å². The van der Waals surface area contributed by atoms with Gasteiger partial charge in [-0.3, -0.25) is 4.79 Å². The van der Waals surface area contributed by atoms with Crippen LogP contribution in [-0.2, 0) is 11.3 Å². The molecule has 0 aliphatic carbocycles. The van der Waals surface area contributed by atoms with Crippen molar-refractivity contribution in [2.75, 3.05) is 13.1 Å². The summed E-state index contributed by atoms with van der Waals surface area (Å²) >= 11 is 0. The highest BCUT2D eigenvalue weighted by Gasteiger charge is 2.29. The minimum Gasteiger partial charge on any atom is -0.345 e. The Labute approximate surface area is 128 Å². The van der Waals surface area contributed by atoms with Crippen LogP contribution in [0.3, 0.4) is 0 Å². The second-order valence-corrected chi connectivity index (χ2v) is 6.75. The third kappa shape index (κ3) is 3.49. The highest BCUT2D eigenvalue weighted by molar-refractivity contribution is 5.77. The maximum absolute atomic E-state index is 12.6. The Morgan fingerprint density at radius 3 is 2.71 bits per heavy atom. The summed E-state index contributed by atoms with van der Waals surface area (Å²) < 4.78 is 2.32. The maximum atomic E-state index is 12.6. The van der Waals surface area contributed by atoms with Gasteiger partial charge in [0.1, 0.15) is 0 Å². The first-order chi connectivity index (χ1) is 9.93. The molecule has 4 heteroatoms. The van der Waals surface area contributed by atoms with Crippen LogP contribution in [0.2, 0.25) is 0 Å². The first-order valence-electron chi connectivity index (χ1n) is 8.09. The van der Waals surface area contributed by atoms with Gasteiger partial charge in [-0.1, -0.05) is 13.8 Å². The molecule has 2 rings (SSSR count). The third-order valence-corrected chi connectivity index (χ3v) is 4.61. The Bertz CT molecular complexity index is 492. The quantitative estimate of drug-likeness (QED) is 0.907. The minimum atomic E-state index is 0.164. The highest BCUT2D eigenvalue weighted by Crippen LogP contribution is 2.28. The fourth-order valence-electron chi connectivity index (χ4n) is 3.46. The lowest BCUT2D eigenvalue weighted by molar-refractivity contribution is -0.135. The van der Waals surface area contributed by atoms with Gasteiger partial charge in [-0.2, -0.15) is 0 Å². The second kappa shape index (κ2) is 6.65. The van der Waals surface area contributed by atoms with Crippen LogP contribution in [0.5, 0.6) is 0 Å². The smallest absolute Gasteiger partial charge is 0.223 e. The van der Waals surface area contributed by atoms with E-state index in [0.29, 0.717) is 24.8 Å². The molecule has 4 nitrogen and oxygen atoms in total. The predicted octanol–water partition coefficient (Wildman–Crippen LogP) is 2.71. The number of hydrogen-bond acceptors (Lipinski definition) is 2. The summed E-state index contributed by atoms with van der Waals surface area (Å²) in [5, 5.41) is 0. The Kier molecular flexibility index (Phi) is 5.09. The van der Waals surface area contributed by atoms with Gasteiger partial charge in [0.2, 0.25) is 5.91 Å². The Balaban J connectivity index is 2.04. The Morgan fingerprint density at radius 2 is 2.10 bits per heavy atom. The average molecular weight is 291 g/mol. The van der Waals surface area contributed by atoms with Gasteiger partial charge in [0.25, 0.3) is 0 Å². The molecule has 2 heterocycles. The van der Waals surface area contributed by atoms with Gasteiger partial charge in [-0.05, 0) is 50.8 Å². The Morgan fingerprint density at radius 1 is 1.38 bits per heavy atom.